The molecule has 0 aliphatic heterocycles. The van der Waals surface area contributed by atoms with Crippen molar-refractivity contribution in [3.63, 3.8) is 0 Å². The molecule has 1 nitrogen and oxygen atoms in total. The quantitative estimate of drug-likeness (QED) is 0.751. The van der Waals surface area contributed by atoms with Gasteiger partial charge in [0.05, 0.1) is 6.04 Å². The minimum atomic E-state index is 0.242. The van der Waals surface area contributed by atoms with E-state index in [4.69, 9.17) is 0 Å². The molecule has 1 N–H and O–H groups in total. The second kappa shape index (κ2) is 6.33. The molecule has 0 bridgehead atoms. The van der Waals surface area contributed by atoms with Gasteiger partial charge in [0.15, 0.2) is 0 Å². The fourth-order valence-corrected chi connectivity index (χ4v) is 4.22. The summed E-state index contributed by atoms with van der Waals surface area (Å²) in [6.45, 7) is 5.20. The van der Waals surface area contributed by atoms with Gasteiger partial charge in [-0.15, -0.1) is 0 Å². The molecule has 2 rings (SSSR count). The Bertz CT molecular complexity index is 516. The van der Waals surface area contributed by atoms with Gasteiger partial charge >= 0.3 is 0 Å². The van der Waals surface area contributed by atoms with Crippen molar-refractivity contribution in [1.29, 1.82) is 0 Å². The highest BCUT2D eigenvalue weighted by Gasteiger charge is 2.17. The zero-order chi connectivity index (χ0) is 13.1. The zero-order valence-corrected chi connectivity index (χ0v) is 14.3. The maximum absolute atomic E-state index is 3.63. The van der Waals surface area contributed by atoms with Crippen LogP contribution in [0.5, 0.6) is 0 Å². The van der Waals surface area contributed by atoms with E-state index in [1.807, 2.05) is 0 Å². The van der Waals surface area contributed by atoms with Crippen molar-refractivity contribution in [3.05, 3.63) is 54.6 Å². The smallest absolute Gasteiger partial charge is 0.0596 e. The van der Waals surface area contributed by atoms with Crippen molar-refractivity contribution in [2.75, 3.05) is 6.54 Å². The van der Waals surface area contributed by atoms with Gasteiger partial charge in [0.2, 0.25) is 0 Å². The Morgan fingerprint density at radius 1 is 1.22 bits per heavy atom. The van der Waals surface area contributed by atoms with E-state index in [0.29, 0.717) is 0 Å². The summed E-state index contributed by atoms with van der Waals surface area (Å²) in [7, 11) is 0. The molecule has 0 radical (unpaired) electrons. The van der Waals surface area contributed by atoms with Gasteiger partial charge in [-0.05, 0) is 63.6 Å². The molecule has 2 aromatic rings. The van der Waals surface area contributed by atoms with Crippen LogP contribution in [0.1, 0.15) is 29.7 Å². The third-order valence-corrected chi connectivity index (χ3v) is 4.97. The lowest BCUT2D eigenvalue weighted by Gasteiger charge is -2.19. The Kier molecular flexibility index (Phi) is 5.01. The summed E-state index contributed by atoms with van der Waals surface area (Å²) in [5.74, 6) is 0. The van der Waals surface area contributed by atoms with Crippen molar-refractivity contribution in [3.8, 4) is 0 Å². The highest BCUT2D eigenvalue weighted by molar-refractivity contribution is 9.10. The molecule has 1 aromatic carbocycles. The lowest BCUT2D eigenvalue weighted by Crippen LogP contribution is -2.22. The summed E-state index contributed by atoms with van der Waals surface area (Å²) in [5, 5.41) is 7.88. The molecule has 96 valence electrons. The van der Waals surface area contributed by atoms with Crippen molar-refractivity contribution >= 4 is 43.2 Å². The molecule has 0 aliphatic carbocycles. The average Bonchev–Trinajstić information content (AvgIpc) is 2.71. The fraction of sp³-hybridized carbons (Fsp3) is 0.286. The van der Waals surface area contributed by atoms with E-state index in [1.54, 1.807) is 11.3 Å². The van der Waals surface area contributed by atoms with Crippen LogP contribution in [0.2, 0.25) is 0 Å². The van der Waals surface area contributed by atoms with E-state index < -0.39 is 0 Å². The van der Waals surface area contributed by atoms with Crippen molar-refractivity contribution in [2.24, 2.45) is 0 Å². The molecule has 4 heteroatoms. The molecule has 18 heavy (non-hydrogen) atoms. The van der Waals surface area contributed by atoms with Gasteiger partial charge < -0.3 is 5.32 Å². The van der Waals surface area contributed by atoms with E-state index in [1.165, 1.54) is 21.2 Å². The summed E-state index contributed by atoms with van der Waals surface area (Å²) in [6, 6.07) is 6.80. The zero-order valence-electron chi connectivity index (χ0n) is 10.3. The maximum atomic E-state index is 3.63. The predicted octanol–water partition coefficient (Wildman–Crippen LogP) is 5.28. The van der Waals surface area contributed by atoms with Crippen LogP contribution in [0, 0.1) is 6.92 Å². The van der Waals surface area contributed by atoms with Gasteiger partial charge in [-0.1, -0.05) is 28.9 Å². The topological polar surface area (TPSA) is 12.0 Å². The number of benzene rings is 1. The molecule has 0 saturated carbocycles. The Balaban J connectivity index is 2.44. The Morgan fingerprint density at radius 3 is 2.56 bits per heavy atom. The van der Waals surface area contributed by atoms with E-state index in [2.05, 4.69) is 80.0 Å². The van der Waals surface area contributed by atoms with E-state index in [0.717, 1.165) is 11.0 Å². The summed E-state index contributed by atoms with van der Waals surface area (Å²) in [4.78, 5) is 0. The predicted molar refractivity (Wildman–Crippen MR) is 86.4 cm³/mol. The molecular formula is C14H15Br2NS. The van der Waals surface area contributed by atoms with Crippen LogP contribution in [-0.2, 0) is 0 Å². The molecule has 1 unspecified atom stereocenters. The number of rotatable bonds is 4. The summed E-state index contributed by atoms with van der Waals surface area (Å²) < 4.78 is 2.31. The van der Waals surface area contributed by atoms with E-state index in [-0.39, 0.29) is 6.04 Å². The number of halogens is 2. The molecule has 0 saturated heterocycles. The van der Waals surface area contributed by atoms with Gasteiger partial charge in [-0.25, -0.2) is 0 Å². The Labute approximate surface area is 129 Å². The lowest BCUT2D eigenvalue weighted by atomic mass is 9.99. The summed E-state index contributed by atoms with van der Waals surface area (Å²) >= 11 is 8.93. The first kappa shape index (κ1) is 14.3. The number of thiophene rings is 1. The summed E-state index contributed by atoms with van der Waals surface area (Å²) in [5.41, 5.74) is 3.87. The summed E-state index contributed by atoms with van der Waals surface area (Å²) in [6.07, 6.45) is 0. The Morgan fingerprint density at radius 2 is 2.00 bits per heavy atom. The maximum Gasteiger partial charge on any atom is 0.0596 e. The van der Waals surface area contributed by atoms with Gasteiger partial charge in [0, 0.05) is 14.3 Å². The van der Waals surface area contributed by atoms with E-state index >= 15 is 0 Å². The Hall–Kier alpha value is -0.160. The first-order chi connectivity index (χ1) is 8.61. The first-order valence-electron chi connectivity index (χ1n) is 5.84. The van der Waals surface area contributed by atoms with Crippen molar-refractivity contribution < 1.29 is 0 Å². The molecule has 0 fully saturated rings. The van der Waals surface area contributed by atoms with Gasteiger partial charge in [0.1, 0.15) is 0 Å². The van der Waals surface area contributed by atoms with E-state index in [9.17, 15) is 0 Å². The average molecular weight is 389 g/mol. The second-order valence-electron chi connectivity index (χ2n) is 4.23. The van der Waals surface area contributed by atoms with Gasteiger partial charge in [0.25, 0.3) is 0 Å². The number of hydrogen-bond acceptors (Lipinski definition) is 2. The molecule has 1 heterocycles. The minimum Gasteiger partial charge on any atom is -0.306 e. The lowest BCUT2D eigenvalue weighted by molar-refractivity contribution is 0.630. The molecular weight excluding hydrogens is 374 g/mol. The number of nitrogens with one attached hydrogen (secondary N) is 1. The molecule has 0 amide bonds. The number of hydrogen-bond donors (Lipinski definition) is 1. The molecule has 0 spiro atoms. The van der Waals surface area contributed by atoms with Crippen LogP contribution >= 0.6 is 43.2 Å². The van der Waals surface area contributed by atoms with Gasteiger partial charge in [-0.2, -0.15) is 11.3 Å². The second-order valence-corrected chi connectivity index (χ2v) is 6.74. The highest BCUT2D eigenvalue weighted by Crippen LogP contribution is 2.33. The molecule has 1 atom stereocenters. The normalized spacial score (nSPS) is 12.7. The highest BCUT2D eigenvalue weighted by atomic mass is 79.9. The van der Waals surface area contributed by atoms with Crippen molar-refractivity contribution in [1.82, 2.24) is 5.32 Å². The third kappa shape index (κ3) is 3.23. The monoisotopic (exact) mass is 387 g/mol. The van der Waals surface area contributed by atoms with Gasteiger partial charge in [-0.3, -0.25) is 0 Å². The first-order valence-corrected chi connectivity index (χ1v) is 8.36. The minimum absolute atomic E-state index is 0.242. The SMILES string of the molecule is CCNC(c1cc(C)cc(Br)c1)c1cscc1Br. The standard InChI is InChI=1S/C14H15Br2NS/c1-3-17-14(12-7-18-8-13(12)16)10-4-9(2)5-11(15)6-10/h4-8,14,17H,3H2,1-2H3. The van der Waals surface area contributed by atoms with Crippen LogP contribution < -0.4 is 5.32 Å². The largest absolute Gasteiger partial charge is 0.306 e. The van der Waals surface area contributed by atoms with Crippen LogP contribution in [-0.4, -0.2) is 6.54 Å². The molecule has 0 aliphatic rings. The van der Waals surface area contributed by atoms with Crippen LogP contribution in [0.25, 0.3) is 0 Å². The van der Waals surface area contributed by atoms with Crippen molar-refractivity contribution in [2.45, 2.75) is 19.9 Å². The fourth-order valence-electron chi connectivity index (χ4n) is 2.04. The number of aryl methyl sites for hydroxylation is 1. The molecule has 1 aromatic heterocycles. The van der Waals surface area contributed by atoms with Crippen LogP contribution in [0.15, 0.2) is 37.9 Å². The third-order valence-electron chi connectivity index (χ3n) is 2.76. The van der Waals surface area contributed by atoms with Crippen LogP contribution in [0.4, 0.5) is 0 Å². The van der Waals surface area contributed by atoms with Crippen LogP contribution in [0.3, 0.4) is 0 Å².